The molecule has 3 aliphatic heterocycles. The van der Waals surface area contributed by atoms with Gasteiger partial charge < -0.3 is 89.9 Å². The van der Waals surface area contributed by atoms with Gasteiger partial charge in [0.25, 0.3) is 0 Å². The van der Waals surface area contributed by atoms with Crippen LogP contribution in [0.2, 0.25) is 0 Å². The smallest absolute Gasteiger partial charge is 0.220 e. The molecule has 3 fully saturated rings. The molecule has 110 heavy (non-hydrogen) atoms. The molecule has 3 saturated heterocycles. The second kappa shape index (κ2) is 69.5. The highest BCUT2D eigenvalue weighted by Gasteiger charge is 2.54. The molecule has 0 saturated carbocycles. The third kappa shape index (κ3) is 47.9. The summed E-state index contributed by atoms with van der Waals surface area (Å²) in [5, 5.41) is 121. The Morgan fingerprint density at radius 1 is 0.336 bits per heavy atom. The van der Waals surface area contributed by atoms with Gasteiger partial charge in [0.2, 0.25) is 5.91 Å². The number of amides is 1. The fraction of sp³-hybridized carbons (Fsp3) is 0.769. The van der Waals surface area contributed by atoms with Gasteiger partial charge in [-0.15, -0.1) is 0 Å². The van der Waals surface area contributed by atoms with E-state index >= 15 is 0 Å². The number of rotatable bonds is 69. The van der Waals surface area contributed by atoms with E-state index in [1.165, 1.54) is 173 Å². The van der Waals surface area contributed by atoms with E-state index in [1.807, 2.05) is 6.08 Å². The lowest BCUT2D eigenvalue weighted by molar-refractivity contribution is -0.379. The summed E-state index contributed by atoms with van der Waals surface area (Å²) in [4.78, 5) is 13.5. The monoisotopic (exact) mass is 1550 g/mol. The summed E-state index contributed by atoms with van der Waals surface area (Å²) in [6.45, 7) is 1.65. The normalized spacial score (nSPS) is 25.8. The number of nitrogens with one attached hydrogen (secondary N) is 1. The van der Waals surface area contributed by atoms with Crippen molar-refractivity contribution < 1.29 is 89.4 Å². The Labute approximate surface area is 665 Å². The number of allylic oxidation sites excluding steroid dienone is 19. The van der Waals surface area contributed by atoms with Crippen LogP contribution in [0.5, 0.6) is 0 Å². The third-order valence-corrected chi connectivity index (χ3v) is 21.0. The summed E-state index contributed by atoms with van der Waals surface area (Å²) >= 11 is 0. The molecule has 19 heteroatoms. The molecule has 0 aromatic heterocycles. The van der Waals surface area contributed by atoms with Crippen molar-refractivity contribution >= 4 is 5.91 Å². The molecule has 12 N–H and O–H groups in total. The quantitative estimate of drug-likeness (QED) is 0.0199. The van der Waals surface area contributed by atoms with Crippen molar-refractivity contribution in [2.24, 2.45) is 0 Å². The van der Waals surface area contributed by atoms with Crippen molar-refractivity contribution in [2.75, 3.05) is 26.4 Å². The van der Waals surface area contributed by atoms with Gasteiger partial charge >= 0.3 is 0 Å². The van der Waals surface area contributed by atoms with Crippen LogP contribution in [-0.4, -0.2) is 193 Å². The third-order valence-electron chi connectivity index (χ3n) is 21.0. The number of hydrogen-bond acceptors (Lipinski definition) is 18. The van der Waals surface area contributed by atoms with E-state index in [1.54, 1.807) is 6.08 Å². The van der Waals surface area contributed by atoms with E-state index in [0.717, 1.165) is 116 Å². The van der Waals surface area contributed by atoms with Crippen LogP contribution in [0.3, 0.4) is 0 Å². The molecule has 634 valence electrons. The number of aliphatic hydroxyl groups excluding tert-OH is 11. The van der Waals surface area contributed by atoms with Gasteiger partial charge in [-0.1, -0.05) is 341 Å². The van der Waals surface area contributed by atoms with E-state index in [-0.39, 0.29) is 18.9 Å². The number of unbranched alkanes of at least 4 members (excludes halogenated alkanes) is 35. The first-order valence-corrected chi connectivity index (χ1v) is 43.8. The van der Waals surface area contributed by atoms with Crippen LogP contribution in [0, 0.1) is 0 Å². The SMILES string of the molecule is CC/C=C\C/C=C\C/C=C\C/C=C\C/C=C\C/C=C\C/C=C\C/C=C\C/C=C\CCCCCCCCCCCC(=O)NC(COC1OC(CO)C(OC2OC(CO)C(OC3OC(CO)C(O)C(O)C3O)C(O)C2O)C(O)C1O)C(O)/C=C/CCCCCCCCCCCCCCCCCCCCCCCCCCCC. The lowest BCUT2D eigenvalue weighted by Gasteiger charge is -2.48. The number of ether oxygens (including phenoxy) is 6. The Balaban J connectivity index is 1.35. The van der Waals surface area contributed by atoms with Gasteiger partial charge in [-0.2, -0.15) is 0 Å². The van der Waals surface area contributed by atoms with Gasteiger partial charge in [-0.05, 0) is 89.9 Å². The molecule has 0 aromatic carbocycles. The predicted octanol–water partition coefficient (Wildman–Crippen LogP) is 16.2. The van der Waals surface area contributed by atoms with Gasteiger partial charge in [0, 0.05) is 6.42 Å². The van der Waals surface area contributed by atoms with Crippen molar-refractivity contribution in [1.29, 1.82) is 0 Å². The first kappa shape index (κ1) is 100. The zero-order chi connectivity index (χ0) is 79.5. The molecule has 3 heterocycles. The van der Waals surface area contributed by atoms with Gasteiger partial charge in [-0.3, -0.25) is 4.79 Å². The first-order chi connectivity index (χ1) is 53.8. The minimum atomic E-state index is -1.99. The molecular formula is C91H157NO18. The van der Waals surface area contributed by atoms with Crippen LogP contribution in [0.15, 0.2) is 122 Å². The van der Waals surface area contributed by atoms with Gasteiger partial charge in [-0.25, -0.2) is 0 Å². The topological polar surface area (TPSA) is 307 Å². The van der Waals surface area contributed by atoms with Crippen molar-refractivity contribution in [2.45, 2.75) is 420 Å². The molecule has 17 atom stereocenters. The Morgan fingerprint density at radius 2 is 0.627 bits per heavy atom. The van der Waals surface area contributed by atoms with Gasteiger partial charge in [0.05, 0.1) is 38.6 Å². The minimum absolute atomic E-state index is 0.229. The number of carbonyl (C=O) groups excluding carboxylic acids is 1. The highest BCUT2D eigenvalue weighted by atomic mass is 16.8. The van der Waals surface area contributed by atoms with E-state index in [0.29, 0.717) is 6.42 Å². The van der Waals surface area contributed by atoms with Crippen LogP contribution in [-0.2, 0) is 33.2 Å². The molecule has 17 unspecified atom stereocenters. The summed E-state index contributed by atoms with van der Waals surface area (Å²) in [6, 6.07) is -0.987. The second-order valence-corrected chi connectivity index (χ2v) is 30.6. The fourth-order valence-corrected chi connectivity index (χ4v) is 14.1. The summed E-state index contributed by atoms with van der Waals surface area (Å²) in [5.74, 6) is -0.283. The van der Waals surface area contributed by atoms with Gasteiger partial charge in [0.1, 0.15) is 73.2 Å². The Bertz CT molecular complexity index is 2460. The van der Waals surface area contributed by atoms with Crippen LogP contribution in [0.1, 0.15) is 316 Å². The van der Waals surface area contributed by atoms with E-state index in [4.69, 9.17) is 28.4 Å². The largest absolute Gasteiger partial charge is 0.394 e. The van der Waals surface area contributed by atoms with Crippen molar-refractivity contribution in [3.63, 3.8) is 0 Å². The van der Waals surface area contributed by atoms with Crippen LogP contribution in [0.25, 0.3) is 0 Å². The van der Waals surface area contributed by atoms with Crippen LogP contribution in [0.4, 0.5) is 0 Å². The molecule has 0 aromatic rings. The number of carbonyl (C=O) groups is 1. The average Bonchev–Trinajstić information content (AvgIpc) is 0.784. The molecule has 3 aliphatic rings. The summed E-state index contributed by atoms with van der Waals surface area (Å²) in [6.07, 6.45) is 71.8. The van der Waals surface area contributed by atoms with Crippen LogP contribution < -0.4 is 5.32 Å². The van der Waals surface area contributed by atoms with E-state index in [2.05, 4.69) is 129 Å². The average molecular weight is 1550 g/mol. The highest BCUT2D eigenvalue weighted by molar-refractivity contribution is 5.76. The number of aliphatic hydroxyl groups is 11. The molecule has 0 bridgehead atoms. The predicted molar refractivity (Wildman–Crippen MR) is 443 cm³/mol. The Morgan fingerprint density at radius 3 is 0.982 bits per heavy atom. The first-order valence-electron chi connectivity index (χ1n) is 43.8. The molecule has 3 rings (SSSR count). The zero-order valence-corrected chi connectivity index (χ0v) is 68.2. The Kier molecular flexibility index (Phi) is 63.4. The summed E-state index contributed by atoms with van der Waals surface area (Å²) in [7, 11) is 0. The molecule has 0 aliphatic carbocycles. The summed E-state index contributed by atoms with van der Waals surface area (Å²) in [5.41, 5.74) is 0. The number of hydrogen-bond donors (Lipinski definition) is 12. The van der Waals surface area contributed by atoms with Crippen molar-refractivity contribution in [3.05, 3.63) is 122 Å². The highest BCUT2D eigenvalue weighted by Crippen LogP contribution is 2.33. The van der Waals surface area contributed by atoms with Gasteiger partial charge in [0.15, 0.2) is 18.9 Å². The lowest BCUT2D eigenvalue weighted by Crippen LogP contribution is -2.66. The molecular weight excluding hydrogens is 1390 g/mol. The molecule has 1 amide bonds. The maximum Gasteiger partial charge on any atom is 0.220 e. The second-order valence-electron chi connectivity index (χ2n) is 30.6. The summed E-state index contributed by atoms with van der Waals surface area (Å²) < 4.78 is 34.5. The maximum absolute atomic E-state index is 13.5. The molecule has 0 spiro atoms. The van der Waals surface area contributed by atoms with Crippen molar-refractivity contribution in [1.82, 2.24) is 5.32 Å². The maximum atomic E-state index is 13.5. The Hall–Kier alpha value is -3.81. The van der Waals surface area contributed by atoms with Crippen LogP contribution >= 0.6 is 0 Å². The zero-order valence-electron chi connectivity index (χ0n) is 68.2. The fourth-order valence-electron chi connectivity index (χ4n) is 14.1. The van der Waals surface area contributed by atoms with E-state index in [9.17, 15) is 61.0 Å². The van der Waals surface area contributed by atoms with Crippen molar-refractivity contribution in [3.8, 4) is 0 Å². The lowest BCUT2D eigenvalue weighted by atomic mass is 9.96. The standard InChI is InChI=1S/C91H157NO18/c1-3-5-7-9-11-13-15-17-19-21-23-25-27-29-31-33-34-35-36-37-38-39-40-41-43-45-47-49-51-53-55-57-59-61-63-65-67-69-79(97)92-74(75(96)68-66-64-62-60-58-56-54-52-50-48-46-44-42-32-30-28-26-24-22-20-18-16-14-12-10-8-6-4-2)73-105-89-85(103)82(100)87(77(71-94)107-89)110-91-86(104)83(101)88(78(72-95)108-91)109-90-84(102)81(99)80(98)76(70-93)106-90/h5,7,11,13,17,19,23,25,29,31,34-35,37-38,40-41,45,47,66,68,74-78,80-91,93-96,98-104H,3-4,6,8-10,12,14-16,18,20-22,24,26-28,30,32-33,36,39,42-44,46,48-65,67,69-73H2,1-2H3,(H,92,97)/b7-5-,13-11-,19-17-,25-23-,31-29-,35-34-,38-37-,41-40-,47-45-,68-66+. The molecule has 0 radical (unpaired) electrons. The minimum Gasteiger partial charge on any atom is -0.394 e. The van der Waals surface area contributed by atoms with E-state index < -0.39 is 124 Å². The molecule has 19 nitrogen and oxygen atoms in total.